The van der Waals surface area contributed by atoms with Crippen LogP contribution in [0.15, 0.2) is 17.6 Å². The third-order valence-corrected chi connectivity index (χ3v) is 9.08. The van der Waals surface area contributed by atoms with Gasteiger partial charge in [0.05, 0.1) is 25.0 Å². The summed E-state index contributed by atoms with van der Waals surface area (Å²) in [5.74, 6) is 0. The van der Waals surface area contributed by atoms with E-state index in [9.17, 15) is 13.2 Å². The molecule has 0 bridgehead atoms. The van der Waals surface area contributed by atoms with Gasteiger partial charge in [-0.15, -0.1) is 0 Å². The molecule has 0 unspecified atom stereocenters. The Kier molecular flexibility index (Phi) is 7.47. The van der Waals surface area contributed by atoms with E-state index in [1.165, 1.54) is 27.7 Å². The van der Waals surface area contributed by atoms with Gasteiger partial charge >= 0.3 is 6.03 Å². The number of urea groups is 1. The molecule has 1 heterocycles. The van der Waals surface area contributed by atoms with Crippen molar-refractivity contribution in [1.82, 2.24) is 4.72 Å². The molecule has 2 amide bonds. The van der Waals surface area contributed by atoms with E-state index >= 15 is 0 Å². The van der Waals surface area contributed by atoms with Crippen molar-refractivity contribution in [2.75, 3.05) is 25.0 Å². The fourth-order valence-electron chi connectivity index (χ4n) is 6.24. The van der Waals surface area contributed by atoms with E-state index in [4.69, 9.17) is 0 Å². The summed E-state index contributed by atoms with van der Waals surface area (Å²) in [6.07, 6.45) is 9.97. The Balaban J connectivity index is 0.00000289. The third kappa shape index (κ3) is 4.50. The van der Waals surface area contributed by atoms with E-state index < -0.39 is 16.1 Å². The predicted molar refractivity (Wildman–Crippen MR) is 125 cm³/mol. The van der Waals surface area contributed by atoms with Crippen LogP contribution < -0.4 is 27.0 Å². The molecule has 2 N–H and O–H groups in total. The van der Waals surface area contributed by atoms with E-state index in [1.54, 1.807) is 6.08 Å². The number of likely N-dealkylation sites (tertiary alicyclic amines) is 1. The average Bonchev–Trinajstić information content (AvgIpc) is 3.45. The van der Waals surface area contributed by atoms with Crippen LogP contribution in [0.2, 0.25) is 0 Å². The number of quaternary nitrogens is 1. The minimum atomic E-state index is -3.87. The number of amides is 2. The number of benzene rings is 1. The van der Waals surface area contributed by atoms with Crippen molar-refractivity contribution < 1.29 is 34.7 Å². The zero-order valence-electron chi connectivity index (χ0n) is 19.5. The van der Waals surface area contributed by atoms with Gasteiger partial charge < -0.3 is 26.8 Å². The minimum Gasteiger partial charge on any atom is -1.00 e. The van der Waals surface area contributed by atoms with Crippen molar-refractivity contribution in [2.24, 2.45) is 0 Å². The maximum absolute atomic E-state index is 12.7. The molecule has 8 heteroatoms. The molecule has 32 heavy (non-hydrogen) atoms. The van der Waals surface area contributed by atoms with Gasteiger partial charge in [-0.25, -0.2) is 17.9 Å². The summed E-state index contributed by atoms with van der Waals surface area (Å²) < 4.78 is 28.5. The van der Waals surface area contributed by atoms with E-state index in [2.05, 4.69) is 36.9 Å². The fourth-order valence-corrected chi connectivity index (χ4v) is 7.09. The summed E-state index contributed by atoms with van der Waals surface area (Å²) >= 11 is 0. The van der Waals surface area contributed by atoms with Crippen LogP contribution in [0, 0.1) is 0 Å². The Bertz CT molecular complexity index is 986. The molecule has 1 aromatic rings. The van der Waals surface area contributed by atoms with Crippen LogP contribution in [0.1, 0.15) is 68.7 Å². The van der Waals surface area contributed by atoms with Crippen molar-refractivity contribution >= 4 is 21.7 Å². The Morgan fingerprint density at radius 3 is 2.22 bits per heavy atom. The van der Waals surface area contributed by atoms with E-state index in [0.717, 1.165) is 81.2 Å². The van der Waals surface area contributed by atoms with Gasteiger partial charge in [-0.3, -0.25) is 0 Å². The summed E-state index contributed by atoms with van der Waals surface area (Å²) in [5, 5.41) is 4.11. The maximum atomic E-state index is 12.7. The predicted octanol–water partition coefficient (Wildman–Crippen LogP) is 1.04. The summed E-state index contributed by atoms with van der Waals surface area (Å²) in [7, 11) is -3.87. The second-order valence-electron chi connectivity index (χ2n) is 9.60. The average molecular weight is 527 g/mol. The number of carbonyl (C=O) groups excluding carboxylic acids is 1. The van der Waals surface area contributed by atoms with Gasteiger partial charge in [0.15, 0.2) is 0 Å². The highest BCUT2D eigenvalue weighted by atomic mass is 79.9. The molecule has 1 saturated heterocycles. The van der Waals surface area contributed by atoms with Crippen LogP contribution in [-0.4, -0.2) is 44.1 Å². The summed E-state index contributed by atoms with van der Waals surface area (Å²) in [6.45, 7) is 9.46. The number of carbonyl (C=O) groups is 1. The fraction of sp³-hybridized carbons (Fsp3) is 0.625. The van der Waals surface area contributed by atoms with Gasteiger partial charge in [0.25, 0.3) is 10.0 Å². The Morgan fingerprint density at radius 1 is 1.06 bits per heavy atom. The molecule has 0 saturated carbocycles. The van der Waals surface area contributed by atoms with Gasteiger partial charge in [-0.2, -0.15) is 0 Å². The number of halogens is 1. The molecular weight excluding hydrogens is 490 g/mol. The maximum Gasteiger partial charge on any atom is 0.333 e. The Hall–Kier alpha value is -1.38. The minimum absolute atomic E-state index is 0. The normalized spacial score (nSPS) is 23.6. The van der Waals surface area contributed by atoms with Crippen LogP contribution in [0.3, 0.4) is 0 Å². The number of hydrogen-bond acceptors (Lipinski definition) is 3. The lowest BCUT2D eigenvalue weighted by Crippen LogP contribution is -3.00. The number of nitrogens with zero attached hydrogens (tertiary/aromatic N) is 1. The first kappa shape index (κ1) is 25.2. The van der Waals surface area contributed by atoms with Crippen LogP contribution in [0.5, 0.6) is 0 Å². The first-order valence-corrected chi connectivity index (χ1v) is 13.3. The Morgan fingerprint density at radius 2 is 1.66 bits per heavy atom. The quantitative estimate of drug-likeness (QED) is 0.545. The molecule has 1 aromatic carbocycles. The van der Waals surface area contributed by atoms with E-state index in [-0.39, 0.29) is 22.5 Å². The SMILES string of the molecule is CC[N+]1(CC)CCC[C@]1(C)/C=C/S(=O)(=O)NC(=O)Nc1c2c(cc3c1CCC3)CCC2.[Br-]. The molecule has 1 atom stereocenters. The number of likely N-dealkylation sites (N-methyl/N-ethyl adjacent to an activating group) is 1. The lowest BCUT2D eigenvalue weighted by Gasteiger charge is -2.44. The zero-order valence-corrected chi connectivity index (χ0v) is 21.9. The van der Waals surface area contributed by atoms with Crippen LogP contribution in [0.4, 0.5) is 10.5 Å². The number of aryl methyl sites for hydroxylation is 2. The van der Waals surface area contributed by atoms with E-state index in [0.29, 0.717) is 0 Å². The summed E-state index contributed by atoms with van der Waals surface area (Å²) in [5.41, 5.74) is 5.62. The zero-order chi connectivity index (χ0) is 22.3. The Labute approximate surface area is 203 Å². The van der Waals surface area contributed by atoms with Crippen LogP contribution in [-0.2, 0) is 35.7 Å². The van der Waals surface area contributed by atoms with Crippen molar-refractivity contribution in [2.45, 2.75) is 77.7 Å². The van der Waals surface area contributed by atoms with Crippen LogP contribution >= 0.6 is 0 Å². The van der Waals surface area contributed by atoms with Gasteiger partial charge in [0.1, 0.15) is 5.54 Å². The van der Waals surface area contributed by atoms with Gasteiger partial charge in [-0.05, 0) is 87.6 Å². The second-order valence-corrected chi connectivity index (χ2v) is 11.2. The highest BCUT2D eigenvalue weighted by Crippen LogP contribution is 2.39. The molecular formula is C24H36BrN3O3S. The number of nitrogens with one attached hydrogen (secondary N) is 2. The number of rotatable bonds is 6. The summed E-state index contributed by atoms with van der Waals surface area (Å²) in [6, 6.07) is 1.63. The first-order chi connectivity index (χ1) is 14.7. The number of anilines is 1. The molecule has 4 rings (SSSR count). The van der Waals surface area contributed by atoms with Crippen molar-refractivity contribution in [3.8, 4) is 0 Å². The van der Waals surface area contributed by atoms with Crippen molar-refractivity contribution in [1.29, 1.82) is 0 Å². The standard InChI is InChI=1S/C24H35N3O3S.BrH/c1-4-27(5-2)15-8-13-24(27,3)14-16-31(29,30)26-23(28)25-22-20-11-6-9-18(20)17-19-10-7-12-21(19)22;/h14,16-17H,4-13,15H2,1-3H3,(H-,25,26,28);1H/b16-14+;/t24-;/m1./s1. The van der Waals surface area contributed by atoms with Crippen molar-refractivity contribution in [3.63, 3.8) is 0 Å². The molecule has 6 nitrogen and oxygen atoms in total. The molecule has 1 fully saturated rings. The number of hydrogen-bond donors (Lipinski definition) is 2. The van der Waals surface area contributed by atoms with Gasteiger partial charge in [0.2, 0.25) is 0 Å². The lowest BCUT2D eigenvalue weighted by molar-refractivity contribution is -0.952. The monoisotopic (exact) mass is 525 g/mol. The van der Waals surface area contributed by atoms with Gasteiger partial charge in [-0.1, -0.05) is 6.07 Å². The van der Waals surface area contributed by atoms with Crippen molar-refractivity contribution in [3.05, 3.63) is 39.8 Å². The topological polar surface area (TPSA) is 75.3 Å². The molecule has 2 aliphatic carbocycles. The first-order valence-electron chi connectivity index (χ1n) is 11.8. The lowest BCUT2D eigenvalue weighted by atomic mass is 9.96. The molecule has 0 aromatic heterocycles. The highest BCUT2D eigenvalue weighted by Gasteiger charge is 2.47. The van der Waals surface area contributed by atoms with Gasteiger partial charge in [0, 0.05) is 18.5 Å². The molecule has 178 valence electrons. The molecule has 0 radical (unpaired) electrons. The second kappa shape index (κ2) is 9.47. The highest BCUT2D eigenvalue weighted by molar-refractivity contribution is 7.92. The summed E-state index contributed by atoms with van der Waals surface area (Å²) in [4.78, 5) is 12.7. The molecule has 0 spiro atoms. The van der Waals surface area contributed by atoms with E-state index in [1.807, 2.05) is 0 Å². The largest absolute Gasteiger partial charge is 1.00 e. The number of sulfonamides is 1. The molecule has 3 aliphatic rings. The number of fused-ring (bicyclic) bond motifs is 2. The molecule has 1 aliphatic heterocycles. The third-order valence-electron chi connectivity index (χ3n) is 8.12. The smallest absolute Gasteiger partial charge is 0.333 e. The van der Waals surface area contributed by atoms with Crippen LogP contribution in [0.25, 0.3) is 0 Å².